The normalized spacial score (nSPS) is 15.8. The zero-order valence-corrected chi connectivity index (χ0v) is 17.2. The molecule has 1 aromatic carbocycles. The number of hydrogen-bond donors (Lipinski definition) is 2. The molecule has 0 bridgehead atoms. The number of aliphatic imine (C=N–C) groups is 1. The van der Waals surface area contributed by atoms with Crippen LogP contribution in [0, 0.1) is 5.82 Å². The maximum atomic E-state index is 12.9. The highest BCUT2D eigenvalue weighted by Gasteiger charge is 2.28. The van der Waals surface area contributed by atoms with Gasteiger partial charge in [0.05, 0.1) is 6.54 Å². The van der Waals surface area contributed by atoms with Crippen molar-refractivity contribution in [2.75, 3.05) is 26.7 Å². The van der Waals surface area contributed by atoms with Crippen molar-refractivity contribution < 1.29 is 4.39 Å². The molecule has 24 heavy (non-hydrogen) atoms. The predicted molar refractivity (Wildman–Crippen MR) is 110 cm³/mol. The summed E-state index contributed by atoms with van der Waals surface area (Å²) in [5, 5.41) is 6.63. The van der Waals surface area contributed by atoms with E-state index < -0.39 is 0 Å². The van der Waals surface area contributed by atoms with E-state index in [0.29, 0.717) is 6.04 Å². The van der Waals surface area contributed by atoms with Crippen molar-refractivity contribution >= 4 is 29.9 Å². The summed E-state index contributed by atoms with van der Waals surface area (Å²) < 4.78 is 12.9. The fourth-order valence-electron chi connectivity index (χ4n) is 2.51. The third-order valence-corrected chi connectivity index (χ3v) is 4.30. The summed E-state index contributed by atoms with van der Waals surface area (Å²) in [4.78, 5) is 7.10. The number of likely N-dealkylation sites (N-methyl/N-ethyl adjacent to an activating group) is 1. The number of nitrogens with zero attached hydrogens (tertiary/aromatic N) is 2. The molecule has 0 saturated heterocycles. The molecule has 1 aliphatic carbocycles. The first-order valence-electron chi connectivity index (χ1n) is 8.58. The maximum Gasteiger partial charge on any atom is 0.191 e. The minimum Gasteiger partial charge on any atom is -0.357 e. The Labute approximate surface area is 162 Å². The minimum atomic E-state index is -0.189. The summed E-state index contributed by atoms with van der Waals surface area (Å²) in [5.41, 5.74) is 1.12. The number of nitrogens with one attached hydrogen (secondary N) is 2. The van der Waals surface area contributed by atoms with Gasteiger partial charge < -0.3 is 10.6 Å². The quantitative estimate of drug-likeness (QED) is 0.365. The second-order valence-corrected chi connectivity index (χ2v) is 6.27. The third kappa shape index (κ3) is 7.34. The third-order valence-electron chi connectivity index (χ3n) is 4.30. The molecule has 0 spiro atoms. The van der Waals surface area contributed by atoms with Crippen LogP contribution in [0.4, 0.5) is 4.39 Å². The zero-order valence-electron chi connectivity index (χ0n) is 14.9. The summed E-state index contributed by atoms with van der Waals surface area (Å²) >= 11 is 0. The Morgan fingerprint density at radius 1 is 1.29 bits per heavy atom. The van der Waals surface area contributed by atoms with Gasteiger partial charge in [-0.05, 0) is 57.9 Å². The van der Waals surface area contributed by atoms with Crippen LogP contribution in [0.15, 0.2) is 29.3 Å². The summed E-state index contributed by atoms with van der Waals surface area (Å²) in [7, 11) is 2.19. The molecule has 1 fully saturated rings. The van der Waals surface area contributed by atoms with E-state index in [0.717, 1.165) is 43.6 Å². The standard InChI is InChI=1S/C18H29FN4.HI/c1-4-20-18(22-13-14(2)23(3)17-9-10-17)21-12-11-15-5-7-16(19)8-6-15;/h5-8,14,17H,4,9-13H2,1-3H3,(H2,20,21,22);1H. The first-order chi connectivity index (χ1) is 11.1. The van der Waals surface area contributed by atoms with Crippen LogP contribution in [-0.4, -0.2) is 49.6 Å². The van der Waals surface area contributed by atoms with Gasteiger partial charge in [0, 0.05) is 25.2 Å². The van der Waals surface area contributed by atoms with Crippen LogP contribution in [0.1, 0.15) is 32.3 Å². The number of benzene rings is 1. The van der Waals surface area contributed by atoms with Gasteiger partial charge in [0.2, 0.25) is 0 Å². The molecule has 2 N–H and O–H groups in total. The summed E-state index contributed by atoms with van der Waals surface area (Å²) in [6, 6.07) is 7.87. The van der Waals surface area contributed by atoms with Gasteiger partial charge in [-0.1, -0.05) is 12.1 Å². The lowest BCUT2D eigenvalue weighted by atomic mass is 10.1. The van der Waals surface area contributed by atoms with Gasteiger partial charge in [-0.15, -0.1) is 24.0 Å². The van der Waals surface area contributed by atoms with Gasteiger partial charge in [-0.2, -0.15) is 0 Å². The topological polar surface area (TPSA) is 39.7 Å². The zero-order chi connectivity index (χ0) is 16.7. The average Bonchev–Trinajstić information content (AvgIpc) is 3.38. The Balaban J connectivity index is 0.00000288. The molecule has 0 aromatic heterocycles. The smallest absolute Gasteiger partial charge is 0.191 e. The van der Waals surface area contributed by atoms with Crippen molar-refractivity contribution in [2.45, 2.75) is 45.2 Å². The molecule has 1 aliphatic rings. The molecular weight excluding hydrogens is 418 g/mol. The molecule has 0 heterocycles. The van der Waals surface area contributed by atoms with Crippen molar-refractivity contribution in [1.29, 1.82) is 0 Å². The molecule has 136 valence electrons. The Bertz CT molecular complexity index is 502. The van der Waals surface area contributed by atoms with E-state index in [-0.39, 0.29) is 29.8 Å². The van der Waals surface area contributed by atoms with Gasteiger partial charge in [-0.3, -0.25) is 9.89 Å². The SMILES string of the molecule is CCNC(=NCC(C)N(C)C1CC1)NCCc1ccc(F)cc1.I. The molecule has 1 saturated carbocycles. The molecule has 0 amide bonds. The Morgan fingerprint density at radius 3 is 2.54 bits per heavy atom. The second kappa shape index (κ2) is 10.9. The molecular formula is C18H30FIN4. The Hall–Kier alpha value is -0.890. The molecule has 2 rings (SSSR count). The van der Waals surface area contributed by atoms with E-state index in [2.05, 4.69) is 41.4 Å². The number of rotatable bonds is 8. The minimum absolute atomic E-state index is 0. The van der Waals surface area contributed by atoms with Crippen LogP contribution in [-0.2, 0) is 6.42 Å². The van der Waals surface area contributed by atoms with Crippen LogP contribution in [0.5, 0.6) is 0 Å². The van der Waals surface area contributed by atoms with Crippen molar-refractivity contribution in [1.82, 2.24) is 15.5 Å². The van der Waals surface area contributed by atoms with E-state index in [4.69, 9.17) is 0 Å². The molecule has 0 aliphatic heterocycles. The van der Waals surface area contributed by atoms with Gasteiger partial charge in [0.25, 0.3) is 0 Å². The molecule has 0 radical (unpaired) electrons. The molecule has 1 aromatic rings. The molecule has 6 heteroatoms. The lowest BCUT2D eigenvalue weighted by molar-refractivity contribution is 0.253. The average molecular weight is 448 g/mol. The predicted octanol–water partition coefficient (Wildman–Crippen LogP) is 3.02. The van der Waals surface area contributed by atoms with E-state index in [1.54, 1.807) is 0 Å². The molecule has 1 unspecified atom stereocenters. The highest BCUT2D eigenvalue weighted by molar-refractivity contribution is 14.0. The van der Waals surface area contributed by atoms with Crippen LogP contribution in [0.25, 0.3) is 0 Å². The fraction of sp³-hybridized carbons (Fsp3) is 0.611. The first-order valence-corrected chi connectivity index (χ1v) is 8.58. The maximum absolute atomic E-state index is 12.9. The summed E-state index contributed by atoms with van der Waals surface area (Å²) in [6.45, 7) is 6.71. The highest BCUT2D eigenvalue weighted by Crippen LogP contribution is 2.26. The Kier molecular flexibility index (Phi) is 9.58. The fourth-order valence-corrected chi connectivity index (χ4v) is 2.51. The lowest BCUT2D eigenvalue weighted by Crippen LogP contribution is -2.40. The van der Waals surface area contributed by atoms with Gasteiger partial charge >= 0.3 is 0 Å². The van der Waals surface area contributed by atoms with E-state index in [1.165, 1.54) is 25.0 Å². The van der Waals surface area contributed by atoms with Crippen molar-refractivity contribution in [3.05, 3.63) is 35.6 Å². The number of guanidine groups is 1. The van der Waals surface area contributed by atoms with Crippen LogP contribution in [0.2, 0.25) is 0 Å². The lowest BCUT2D eigenvalue weighted by Gasteiger charge is -2.23. The first kappa shape index (κ1) is 21.2. The highest BCUT2D eigenvalue weighted by atomic mass is 127. The van der Waals surface area contributed by atoms with Crippen molar-refractivity contribution in [3.63, 3.8) is 0 Å². The van der Waals surface area contributed by atoms with Crippen molar-refractivity contribution in [3.8, 4) is 0 Å². The summed E-state index contributed by atoms with van der Waals surface area (Å²) in [6.07, 6.45) is 3.49. The molecule has 1 atom stereocenters. The van der Waals surface area contributed by atoms with E-state index in [9.17, 15) is 4.39 Å². The van der Waals surface area contributed by atoms with E-state index >= 15 is 0 Å². The van der Waals surface area contributed by atoms with Gasteiger partial charge in [0.1, 0.15) is 5.82 Å². The van der Waals surface area contributed by atoms with Crippen LogP contribution >= 0.6 is 24.0 Å². The van der Waals surface area contributed by atoms with Crippen LogP contribution < -0.4 is 10.6 Å². The molecule has 4 nitrogen and oxygen atoms in total. The number of hydrogen-bond acceptors (Lipinski definition) is 2. The second-order valence-electron chi connectivity index (χ2n) is 6.27. The number of halogens is 2. The van der Waals surface area contributed by atoms with Gasteiger partial charge in [-0.25, -0.2) is 4.39 Å². The largest absolute Gasteiger partial charge is 0.357 e. The van der Waals surface area contributed by atoms with Gasteiger partial charge in [0.15, 0.2) is 5.96 Å². The monoisotopic (exact) mass is 448 g/mol. The van der Waals surface area contributed by atoms with Crippen LogP contribution in [0.3, 0.4) is 0 Å². The van der Waals surface area contributed by atoms with Crippen molar-refractivity contribution in [2.24, 2.45) is 4.99 Å². The summed E-state index contributed by atoms with van der Waals surface area (Å²) in [5.74, 6) is 0.663. The van der Waals surface area contributed by atoms with E-state index in [1.807, 2.05) is 12.1 Å². The Morgan fingerprint density at radius 2 is 1.96 bits per heavy atom.